The molecule has 0 N–H and O–H groups in total. The largest absolute Gasteiger partial charge is 0.285 e. The van der Waals surface area contributed by atoms with Gasteiger partial charge in [-0.2, -0.15) is 0 Å². The maximum absolute atomic E-state index is 2.91. The molecule has 3 atom stereocenters. The zero-order chi connectivity index (χ0) is 17.3. The topological polar surface area (TPSA) is 6.48 Å². The van der Waals surface area contributed by atoms with Gasteiger partial charge in [0.2, 0.25) is 0 Å². The van der Waals surface area contributed by atoms with Crippen LogP contribution in [0.15, 0.2) is 0 Å². The predicted octanol–water partition coefficient (Wildman–Crippen LogP) is 6.35. The van der Waals surface area contributed by atoms with Crippen LogP contribution >= 0.6 is 0 Å². The van der Waals surface area contributed by atoms with Crippen molar-refractivity contribution in [2.75, 3.05) is 13.1 Å². The monoisotopic (exact) mass is 348 g/mol. The number of rotatable bonds is 11. The summed E-state index contributed by atoms with van der Waals surface area (Å²) >= 11 is 0. The summed E-state index contributed by atoms with van der Waals surface area (Å²) < 4.78 is 0. The van der Waals surface area contributed by atoms with Gasteiger partial charge in [-0.25, -0.2) is 0 Å². The Kier molecular flexibility index (Phi) is 8.60. The SMILES string of the molecule is CCCCCCCCCCCC[C@@H]1C[C@H]2CCCCN2[C@H]2CCCN12. The Labute approximate surface area is 157 Å². The van der Waals surface area contributed by atoms with E-state index in [1.807, 2.05) is 0 Å². The standard InChI is InChI=1S/C23H44N2/c1-2-3-4-5-6-7-8-9-10-11-15-21-20-22-16-12-13-18-24(22)23-17-14-19-25(21)23/h21-23H,2-20H2,1H3/t21-,22-,23-/m1/s1. The Morgan fingerprint density at radius 3 is 2.12 bits per heavy atom. The lowest BCUT2D eigenvalue weighted by Crippen LogP contribution is -2.60. The van der Waals surface area contributed by atoms with Crippen molar-refractivity contribution in [3.8, 4) is 0 Å². The normalized spacial score (nSPS) is 30.4. The second-order valence-electron chi connectivity index (χ2n) is 9.11. The molecular weight excluding hydrogens is 304 g/mol. The Bertz CT molecular complexity index is 356. The highest BCUT2D eigenvalue weighted by atomic mass is 15.4. The van der Waals surface area contributed by atoms with E-state index < -0.39 is 0 Å². The van der Waals surface area contributed by atoms with Gasteiger partial charge in [0, 0.05) is 18.6 Å². The fourth-order valence-corrected chi connectivity index (χ4v) is 5.82. The smallest absolute Gasteiger partial charge is 0.0627 e. The predicted molar refractivity (Wildman–Crippen MR) is 109 cm³/mol. The molecule has 0 bridgehead atoms. The lowest BCUT2D eigenvalue weighted by molar-refractivity contribution is -0.0611. The van der Waals surface area contributed by atoms with Gasteiger partial charge in [-0.15, -0.1) is 0 Å². The highest BCUT2D eigenvalue weighted by Crippen LogP contribution is 2.38. The summed E-state index contributed by atoms with van der Waals surface area (Å²) in [5.74, 6) is 0. The molecule has 0 saturated carbocycles. The molecule has 0 amide bonds. The van der Waals surface area contributed by atoms with Gasteiger partial charge >= 0.3 is 0 Å². The zero-order valence-corrected chi connectivity index (χ0v) is 17.1. The van der Waals surface area contributed by atoms with Crippen molar-refractivity contribution in [1.82, 2.24) is 9.80 Å². The lowest BCUT2D eigenvalue weighted by Gasteiger charge is -2.51. The molecule has 0 radical (unpaired) electrons. The van der Waals surface area contributed by atoms with E-state index in [-0.39, 0.29) is 0 Å². The van der Waals surface area contributed by atoms with Crippen molar-refractivity contribution in [3.63, 3.8) is 0 Å². The Balaban J connectivity index is 1.28. The van der Waals surface area contributed by atoms with E-state index in [0.29, 0.717) is 0 Å². The maximum atomic E-state index is 2.91. The van der Waals surface area contributed by atoms with Crippen LogP contribution in [0.4, 0.5) is 0 Å². The number of piperidine rings is 1. The molecular formula is C23H44N2. The molecule has 0 spiro atoms. The number of fused-ring (bicyclic) bond motifs is 3. The van der Waals surface area contributed by atoms with Gasteiger partial charge in [0.15, 0.2) is 0 Å². The van der Waals surface area contributed by atoms with Gasteiger partial charge in [-0.3, -0.25) is 9.80 Å². The molecule has 3 saturated heterocycles. The van der Waals surface area contributed by atoms with Gasteiger partial charge in [-0.1, -0.05) is 77.6 Å². The van der Waals surface area contributed by atoms with E-state index in [1.165, 1.54) is 122 Å². The molecule has 25 heavy (non-hydrogen) atoms. The molecule has 2 heteroatoms. The first-order valence-electron chi connectivity index (χ1n) is 11.9. The average molecular weight is 349 g/mol. The average Bonchev–Trinajstić information content (AvgIpc) is 3.13. The zero-order valence-electron chi connectivity index (χ0n) is 17.1. The summed E-state index contributed by atoms with van der Waals surface area (Å²) in [5, 5.41) is 0. The first-order valence-corrected chi connectivity index (χ1v) is 11.9. The Hall–Kier alpha value is -0.0800. The van der Waals surface area contributed by atoms with E-state index >= 15 is 0 Å². The molecule has 0 aromatic carbocycles. The first-order chi connectivity index (χ1) is 12.4. The summed E-state index contributed by atoms with van der Waals surface area (Å²) in [7, 11) is 0. The quantitative estimate of drug-likeness (QED) is 0.402. The number of hydrogen-bond acceptors (Lipinski definition) is 2. The van der Waals surface area contributed by atoms with Crippen LogP contribution in [-0.4, -0.2) is 41.1 Å². The molecule has 2 nitrogen and oxygen atoms in total. The summed E-state index contributed by atoms with van der Waals surface area (Å²) in [5.41, 5.74) is 0. The number of unbranched alkanes of at least 4 members (excludes halogenated alkanes) is 9. The number of nitrogens with zero attached hydrogens (tertiary/aromatic N) is 2. The van der Waals surface area contributed by atoms with Crippen LogP contribution in [0.1, 0.15) is 116 Å². The third-order valence-electron chi connectivity index (χ3n) is 7.22. The van der Waals surface area contributed by atoms with E-state index in [0.717, 1.165) is 18.2 Å². The summed E-state index contributed by atoms with van der Waals surface area (Å²) in [6.45, 7) is 5.08. The molecule has 3 rings (SSSR count). The van der Waals surface area contributed by atoms with Crippen molar-refractivity contribution in [2.24, 2.45) is 0 Å². The molecule has 0 unspecified atom stereocenters. The summed E-state index contributed by atoms with van der Waals surface area (Å²) in [6, 6.07) is 1.85. The van der Waals surface area contributed by atoms with Crippen LogP contribution in [0.2, 0.25) is 0 Å². The third kappa shape index (κ3) is 5.70. The minimum absolute atomic E-state index is 0.826. The highest BCUT2D eigenvalue weighted by Gasteiger charge is 2.43. The third-order valence-corrected chi connectivity index (χ3v) is 7.22. The van der Waals surface area contributed by atoms with Crippen LogP contribution in [0.5, 0.6) is 0 Å². The van der Waals surface area contributed by atoms with Crippen molar-refractivity contribution in [3.05, 3.63) is 0 Å². The molecule has 3 fully saturated rings. The van der Waals surface area contributed by atoms with E-state index in [1.54, 1.807) is 0 Å². The van der Waals surface area contributed by atoms with E-state index in [2.05, 4.69) is 16.7 Å². The van der Waals surface area contributed by atoms with Gasteiger partial charge in [-0.05, 0) is 45.1 Å². The second kappa shape index (κ2) is 10.9. The van der Waals surface area contributed by atoms with Crippen LogP contribution in [0.25, 0.3) is 0 Å². The first kappa shape index (κ1) is 19.7. The van der Waals surface area contributed by atoms with E-state index in [4.69, 9.17) is 0 Å². The van der Waals surface area contributed by atoms with Crippen LogP contribution in [0, 0.1) is 0 Å². The molecule has 3 aliphatic rings. The fraction of sp³-hybridized carbons (Fsp3) is 1.00. The highest BCUT2D eigenvalue weighted by molar-refractivity contribution is 4.96. The fourth-order valence-electron chi connectivity index (χ4n) is 5.82. The van der Waals surface area contributed by atoms with Crippen LogP contribution < -0.4 is 0 Å². The molecule has 0 aliphatic carbocycles. The minimum atomic E-state index is 0.826. The van der Waals surface area contributed by atoms with Crippen molar-refractivity contribution < 1.29 is 0 Å². The van der Waals surface area contributed by atoms with Gasteiger partial charge < -0.3 is 0 Å². The Morgan fingerprint density at radius 2 is 1.36 bits per heavy atom. The van der Waals surface area contributed by atoms with Crippen molar-refractivity contribution >= 4 is 0 Å². The van der Waals surface area contributed by atoms with Gasteiger partial charge in [0.25, 0.3) is 0 Å². The Morgan fingerprint density at radius 1 is 0.680 bits per heavy atom. The summed E-state index contributed by atoms with van der Waals surface area (Å²) in [4.78, 5) is 5.81. The molecule has 0 aromatic heterocycles. The molecule has 146 valence electrons. The molecule has 3 heterocycles. The summed E-state index contributed by atoms with van der Waals surface area (Å²) in [6.07, 6.45) is 25.8. The van der Waals surface area contributed by atoms with Gasteiger partial charge in [0.05, 0.1) is 6.17 Å². The van der Waals surface area contributed by atoms with Crippen molar-refractivity contribution in [2.45, 2.75) is 134 Å². The second-order valence-corrected chi connectivity index (χ2v) is 9.11. The number of hydrogen-bond donors (Lipinski definition) is 0. The molecule has 3 aliphatic heterocycles. The molecule has 0 aromatic rings. The van der Waals surface area contributed by atoms with Crippen LogP contribution in [-0.2, 0) is 0 Å². The van der Waals surface area contributed by atoms with E-state index in [9.17, 15) is 0 Å². The van der Waals surface area contributed by atoms with Crippen molar-refractivity contribution in [1.29, 1.82) is 0 Å². The lowest BCUT2D eigenvalue weighted by atomic mass is 9.89. The van der Waals surface area contributed by atoms with Crippen LogP contribution in [0.3, 0.4) is 0 Å². The maximum Gasteiger partial charge on any atom is 0.0627 e. The minimum Gasteiger partial charge on any atom is -0.285 e. The van der Waals surface area contributed by atoms with Gasteiger partial charge in [0.1, 0.15) is 0 Å².